The highest BCUT2D eigenvalue weighted by atomic mass is 16.5. The van der Waals surface area contributed by atoms with E-state index in [1.54, 1.807) is 18.2 Å². The Balaban J connectivity index is 1.84. The number of carbonyl (C=O) groups is 1. The van der Waals surface area contributed by atoms with Gasteiger partial charge in [0.1, 0.15) is 0 Å². The first-order valence-electron chi connectivity index (χ1n) is 6.46. The Morgan fingerprint density at radius 1 is 1.22 bits per heavy atom. The average Bonchev–Trinajstić information content (AvgIpc) is 2.76. The number of hydrogen-bond acceptors (Lipinski definition) is 3. The predicted molar refractivity (Wildman–Crippen MR) is 66.1 cm³/mol. The van der Waals surface area contributed by atoms with E-state index < -0.39 is 0 Å². The zero-order valence-electron chi connectivity index (χ0n) is 10.1. The molecule has 1 aromatic carbocycles. The van der Waals surface area contributed by atoms with Crippen molar-refractivity contribution in [2.45, 2.75) is 37.9 Å². The van der Waals surface area contributed by atoms with E-state index in [1.165, 1.54) is 0 Å². The van der Waals surface area contributed by atoms with E-state index in [1.807, 2.05) is 6.07 Å². The molecule has 2 heterocycles. The first-order chi connectivity index (χ1) is 8.78. The van der Waals surface area contributed by atoms with Crippen molar-refractivity contribution < 1.29 is 9.53 Å². The lowest BCUT2D eigenvalue weighted by atomic mass is 9.86. The van der Waals surface area contributed by atoms with Crippen LogP contribution in [-0.2, 0) is 4.74 Å². The van der Waals surface area contributed by atoms with E-state index in [0.717, 1.165) is 25.7 Å². The van der Waals surface area contributed by atoms with Crippen LogP contribution in [0.3, 0.4) is 0 Å². The second kappa shape index (κ2) is 4.55. The maximum atomic E-state index is 12.5. The van der Waals surface area contributed by atoms with Crippen LogP contribution in [-0.4, -0.2) is 18.0 Å². The molecule has 2 atom stereocenters. The van der Waals surface area contributed by atoms with Crippen LogP contribution in [0.1, 0.15) is 41.6 Å². The molecule has 0 N–H and O–H groups in total. The number of benzene rings is 1. The molecule has 0 saturated carbocycles. The van der Waals surface area contributed by atoms with Gasteiger partial charge in [-0.25, -0.2) is 0 Å². The van der Waals surface area contributed by atoms with Crippen LogP contribution in [0.2, 0.25) is 0 Å². The van der Waals surface area contributed by atoms with E-state index >= 15 is 0 Å². The van der Waals surface area contributed by atoms with E-state index in [4.69, 9.17) is 10.00 Å². The van der Waals surface area contributed by atoms with Crippen LogP contribution in [0.25, 0.3) is 0 Å². The molecule has 2 fully saturated rings. The highest BCUT2D eigenvalue weighted by molar-refractivity contribution is 6.00. The van der Waals surface area contributed by atoms with Crippen LogP contribution in [0.5, 0.6) is 0 Å². The fourth-order valence-corrected chi connectivity index (χ4v) is 3.09. The molecule has 0 amide bonds. The Morgan fingerprint density at radius 3 is 2.56 bits per heavy atom. The molecule has 0 aromatic heterocycles. The number of hydrogen-bond donors (Lipinski definition) is 0. The summed E-state index contributed by atoms with van der Waals surface area (Å²) in [5.74, 6) is 0.151. The van der Waals surface area contributed by atoms with Crippen molar-refractivity contribution in [3.8, 4) is 6.07 Å². The summed E-state index contributed by atoms with van der Waals surface area (Å²) in [5.41, 5.74) is 1.06. The Kier molecular flexibility index (Phi) is 2.89. The topological polar surface area (TPSA) is 50.1 Å². The summed E-state index contributed by atoms with van der Waals surface area (Å²) in [5, 5.41) is 9.06. The third-order valence-electron chi connectivity index (χ3n) is 3.97. The molecule has 2 aliphatic heterocycles. The molecule has 0 aliphatic carbocycles. The number of nitrogens with zero attached hydrogens (tertiary/aromatic N) is 1. The third-order valence-corrected chi connectivity index (χ3v) is 3.97. The lowest BCUT2D eigenvalue weighted by Crippen LogP contribution is -2.30. The number of fused-ring (bicyclic) bond motifs is 2. The average molecular weight is 241 g/mol. The molecule has 3 rings (SSSR count). The van der Waals surface area contributed by atoms with Crippen molar-refractivity contribution in [1.82, 2.24) is 0 Å². The van der Waals surface area contributed by atoms with Crippen LogP contribution < -0.4 is 0 Å². The molecule has 3 nitrogen and oxygen atoms in total. The number of nitriles is 1. The molecule has 92 valence electrons. The van der Waals surface area contributed by atoms with E-state index in [0.29, 0.717) is 11.1 Å². The van der Waals surface area contributed by atoms with Gasteiger partial charge in [-0.15, -0.1) is 0 Å². The zero-order chi connectivity index (χ0) is 12.5. The molecular formula is C15H15NO2. The van der Waals surface area contributed by atoms with Gasteiger partial charge < -0.3 is 4.74 Å². The van der Waals surface area contributed by atoms with Crippen molar-refractivity contribution in [2.75, 3.05) is 0 Å². The standard InChI is InChI=1S/C15H15NO2/c16-9-10-3-1-2-4-14(10)15(17)11-7-12-5-6-13(8-11)18-12/h1-4,11-13H,5-8H2. The van der Waals surface area contributed by atoms with Gasteiger partial charge in [0.05, 0.1) is 23.8 Å². The van der Waals surface area contributed by atoms with Gasteiger partial charge >= 0.3 is 0 Å². The summed E-state index contributed by atoms with van der Waals surface area (Å²) in [6.45, 7) is 0. The lowest BCUT2D eigenvalue weighted by molar-refractivity contribution is -0.0149. The Hall–Kier alpha value is -1.66. The number of Topliss-reactive ketones (excluding diaryl/α,β-unsaturated/α-hetero) is 1. The summed E-state index contributed by atoms with van der Waals surface area (Å²) in [4.78, 5) is 12.5. The molecule has 2 saturated heterocycles. The van der Waals surface area contributed by atoms with Crippen LogP contribution in [0.4, 0.5) is 0 Å². The van der Waals surface area contributed by atoms with Gasteiger partial charge in [0.2, 0.25) is 0 Å². The molecular weight excluding hydrogens is 226 g/mol. The number of rotatable bonds is 2. The third kappa shape index (κ3) is 1.93. The first-order valence-corrected chi connectivity index (χ1v) is 6.46. The number of ether oxygens (including phenoxy) is 1. The van der Waals surface area contributed by atoms with Crippen molar-refractivity contribution >= 4 is 5.78 Å². The van der Waals surface area contributed by atoms with Gasteiger partial charge in [0.15, 0.2) is 5.78 Å². The molecule has 1 aromatic rings. The molecule has 18 heavy (non-hydrogen) atoms. The van der Waals surface area contributed by atoms with E-state index in [2.05, 4.69) is 6.07 Å². The van der Waals surface area contributed by atoms with Crippen molar-refractivity contribution in [2.24, 2.45) is 5.92 Å². The maximum Gasteiger partial charge on any atom is 0.167 e. The van der Waals surface area contributed by atoms with Gasteiger partial charge in [0, 0.05) is 11.5 Å². The highest BCUT2D eigenvalue weighted by Gasteiger charge is 2.38. The van der Waals surface area contributed by atoms with Crippen molar-refractivity contribution in [3.63, 3.8) is 0 Å². The fourth-order valence-electron chi connectivity index (χ4n) is 3.09. The summed E-state index contributed by atoms with van der Waals surface area (Å²) in [7, 11) is 0. The molecule has 3 heteroatoms. The Labute approximate surface area is 106 Å². The van der Waals surface area contributed by atoms with Crippen LogP contribution >= 0.6 is 0 Å². The van der Waals surface area contributed by atoms with Gasteiger partial charge in [-0.3, -0.25) is 4.79 Å². The Bertz CT molecular complexity index is 505. The number of carbonyl (C=O) groups excluding carboxylic acids is 1. The summed E-state index contributed by atoms with van der Waals surface area (Å²) in [6.07, 6.45) is 4.30. The summed E-state index contributed by atoms with van der Waals surface area (Å²) < 4.78 is 5.75. The second-order valence-corrected chi connectivity index (χ2v) is 5.15. The monoisotopic (exact) mass is 241 g/mol. The molecule has 0 radical (unpaired) electrons. The minimum atomic E-state index is 0.0331. The summed E-state index contributed by atoms with van der Waals surface area (Å²) >= 11 is 0. The number of ketones is 1. The Morgan fingerprint density at radius 2 is 1.89 bits per heavy atom. The molecule has 2 unspecified atom stereocenters. The molecule has 0 spiro atoms. The van der Waals surface area contributed by atoms with E-state index in [9.17, 15) is 4.79 Å². The minimum Gasteiger partial charge on any atom is -0.375 e. The van der Waals surface area contributed by atoms with Crippen LogP contribution in [0, 0.1) is 17.2 Å². The lowest BCUT2D eigenvalue weighted by Gasteiger charge is -2.27. The van der Waals surface area contributed by atoms with Gasteiger partial charge in [-0.05, 0) is 31.7 Å². The smallest absolute Gasteiger partial charge is 0.167 e. The normalized spacial score (nSPS) is 29.8. The largest absolute Gasteiger partial charge is 0.375 e. The minimum absolute atomic E-state index is 0.0331. The van der Waals surface area contributed by atoms with Crippen molar-refractivity contribution in [1.29, 1.82) is 5.26 Å². The van der Waals surface area contributed by atoms with Crippen LogP contribution in [0.15, 0.2) is 24.3 Å². The van der Waals surface area contributed by atoms with Gasteiger partial charge in [-0.2, -0.15) is 5.26 Å². The maximum absolute atomic E-state index is 12.5. The van der Waals surface area contributed by atoms with Crippen molar-refractivity contribution in [3.05, 3.63) is 35.4 Å². The molecule has 2 bridgehead atoms. The fraction of sp³-hybridized carbons (Fsp3) is 0.467. The predicted octanol–water partition coefficient (Wildman–Crippen LogP) is 2.70. The van der Waals surface area contributed by atoms with Gasteiger partial charge in [0.25, 0.3) is 0 Å². The molecule has 2 aliphatic rings. The zero-order valence-corrected chi connectivity index (χ0v) is 10.1. The van der Waals surface area contributed by atoms with Gasteiger partial charge in [-0.1, -0.05) is 18.2 Å². The highest BCUT2D eigenvalue weighted by Crippen LogP contribution is 2.37. The summed E-state index contributed by atoms with van der Waals surface area (Å²) in [6, 6.07) is 9.19. The first kappa shape index (κ1) is 11.4. The SMILES string of the molecule is N#Cc1ccccc1C(=O)C1CC2CCC(C1)O2. The quantitative estimate of drug-likeness (QED) is 0.748. The van der Waals surface area contributed by atoms with E-state index in [-0.39, 0.29) is 23.9 Å². The second-order valence-electron chi connectivity index (χ2n) is 5.15.